The third-order valence-electron chi connectivity index (χ3n) is 4.17. The van der Waals surface area contributed by atoms with Crippen molar-refractivity contribution in [1.29, 1.82) is 0 Å². The fourth-order valence-electron chi connectivity index (χ4n) is 2.96. The summed E-state index contributed by atoms with van der Waals surface area (Å²) >= 11 is 0. The molecule has 5 nitrogen and oxygen atoms in total. The van der Waals surface area contributed by atoms with Crippen LogP contribution >= 0.6 is 0 Å². The summed E-state index contributed by atoms with van der Waals surface area (Å²) in [7, 11) is 0. The van der Waals surface area contributed by atoms with Gasteiger partial charge in [0.2, 0.25) is 0 Å². The topological polar surface area (TPSA) is 70.5 Å². The van der Waals surface area contributed by atoms with Gasteiger partial charge in [-0.25, -0.2) is 9.78 Å². The molecule has 23 heavy (non-hydrogen) atoms. The summed E-state index contributed by atoms with van der Waals surface area (Å²) in [6.45, 7) is 1.46. The Morgan fingerprint density at radius 2 is 1.96 bits per heavy atom. The first-order valence-electron chi connectivity index (χ1n) is 7.66. The highest BCUT2D eigenvalue weighted by Crippen LogP contribution is 2.22. The van der Waals surface area contributed by atoms with Crippen molar-refractivity contribution in [1.82, 2.24) is 9.88 Å². The number of rotatable bonds is 4. The number of pyridine rings is 1. The largest absolute Gasteiger partial charge is 0.477 e. The van der Waals surface area contributed by atoms with Crippen LogP contribution in [0, 0.1) is 5.92 Å². The van der Waals surface area contributed by atoms with Crippen LogP contribution in [0.15, 0.2) is 48.7 Å². The number of carbonyl (C=O) groups excluding carboxylic acids is 1. The van der Waals surface area contributed by atoms with E-state index in [1.807, 2.05) is 23.1 Å². The Hall–Kier alpha value is -2.69. The maximum atomic E-state index is 12.5. The van der Waals surface area contributed by atoms with Crippen molar-refractivity contribution >= 4 is 11.9 Å². The normalized spacial score (nSPS) is 17.2. The lowest BCUT2D eigenvalue weighted by molar-refractivity contribution is 0.0688. The van der Waals surface area contributed by atoms with Crippen LogP contribution in [0.5, 0.6) is 0 Å². The molecule has 1 amide bonds. The van der Waals surface area contributed by atoms with E-state index in [0.717, 1.165) is 25.9 Å². The minimum Gasteiger partial charge on any atom is -0.477 e. The number of amides is 1. The molecule has 0 saturated carbocycles. The third kappa shape index (κ3) is 3.56. The van der Waals surface area contributed by atoms with Crippen LogP contribution in [0.4, 0.5) is 0 Å². The zero-order valence-electron chi connectivity index (χ0n) is 12.7. The number of likely N-dealkylation sites (tertiary alicyclic amines) is 1. The Kier molecular flexibility index (Phi) is 4.37. The number of aromatic nitrogens is 1. The first kappa shape index (κ1) is 15.2. The van der Waals surface area contributed by atoms with Crippen molar-refractivity contribution in [3.8, 4) is 0 Å². The first-order chi connectivity index (χ1) is 11.1. The van der Waals surface area contributed by atoms with E-state index >= 15 is 0 Å². The van der Waals surface area contributed by atoms with E-state index in [-0.39, 0.29) is 11.6 Å². The number of aromatic carboxylic acids is 1. The van der Waals surface area contributed by atoms with E-state index in [1.165, 1.54) is 23.9 Å². The highest BCUT2D eigenvalue weighted by molar-refractivity contribution is 5.95. The van der Waals surface area contributed by atoms with Crippen LogP contribution < -0.4 is 0 Å². The number of carboxylic acids is 1. The van der Waals surface area contributed by atoms with Gasteiger partial charge in [0.25, 0.3) is 5.91 Å². The SMILES string of the molecule is O=C(O)c1ccc(C(=O)N2CC[C@@H](Cc3ccccc3)C2)cn1. The van der Waals surface area contributed by atoms with Crippen molar-refractivity contribution < 1.29 is 14.7 Å². The molecule has 0 aliphatic carbocycles. The second kappa shape index (κ2) is 6.60. The molecule has 5 heteroatoms. The fourth-order valence-corrected chi connectivity index (χ4v) is 2.96. The molecule has 3 rings (SSSR count). The molecule has 0 radical (unpaired) electrons. The average Bonchev–Trinajstić information content (AvgIpc) is 3.03. The highest BCUT2D eigenvalue weighted by atomic mass is 16.4. The van der Waals surface area contributed by atoms with E-state index in [2.05, 4.69) is 17.1 Å². The molecule has 1 atom stereocenters. The molecular weight excluding hydrogens is 292 g/mol. The summed E-state index contributed by atoms with van der Waals surface area (Å²) in [4.78, 5) is 28.9. The zero-order chi connectivity index (χ0) is 16.2. The summed E-state index contributed by atoms with van der Waals surface area (Å²) in [6.07, 6.45) is 3.30. The smallest absolute Gasteiger partial charge is 0.354 e. The van der Waals surface area contributed by atoms with E-state index in [9.17, 15) is 9.59 Å². The van der Waals surface area contributed by atoms with Crippen LogP contribution in [-0.2, 0) is 6.42 Å². The van der Waals surface area contributed by atoms with Crippen molar-refractivity contribution in [3.05, 3.63) is 65.5 Å². The Bertz CT molecular complexity index is 698. The fraction of sp³-hybridized carbons (Fsp3) is 0.278. The number of hydrogen-bond donors (Lipinski definition) is 1. The van der Waals surface area contributed by atoms with Gasteiger partial charge in [-0.2, -0.15) is 0 Å². The molecule has 118 valence electrons. The third-order valence-corrected chi connectivity index (χ3v) is 4.17. The van der Waals surface area contributed by atoms with Crippen LogP contribution in [0.2, 0.25) is 0 Å². The van der Waals surface area contributed by atoms with Crippen LogP contribution in [0.1, 0.15) is 32.8 Å². The number of benzene rings is 1. The summed E-state index contributed by atoms with van der Waals surface area (Å²) in [5, 5.41) is 8.84. The minimum atomic E-state index is -1.09. The van der Waals surface area contributed by atoms with Gasteiger partial charge in [-0.15, -0.1) is 0 Å². The molecule has 2 aromatic rings. The van der Waals surface area contributed by atoms with E-state index in [0.29, 0.717) is 11.5 Å². The molecule has 1 N–H and O–H groups in total. The van der Waals surface area contributed by atoms with E-state index in [4.69, 9.17) is 5.11 Å². The average molecular weight is 310 g/mol. The van der Waals surface area contributed by atoms with E-state index < -0.39 is 5.97 Å². The number of carboxylic acid groups (broad SMARTS) is 1. The zero-order valence-corrected chi connectivity index (χ0v) is 12.7. The lowest BCUT2D eigenvalue weighted by atomic mass is 9.99. The van der Waals surface area contributed by atoms with Gasteiger partial charge in [0, 0.05) is 19.3 Å². The van der Waals surface area contributed by atoms with Gasteiger partial charge >= 0.3 is 5.97 Å². The van der Waals surface area contributed by atoms with Crippen molar-refractivity contribution in [2.75, 3.05) is 13.1 Å². The van der Waals surface area contributed by atoms with Crippen LogP contribution in [0.25, 0.3) is 0 Å². The Labute approximate surface area is 134 Å². The number of carbonyl (C=O) groups is 2. The van der Waals surface area contributed by atoms with Gasteiger partial charge in [-0.1, -0.05) is 30.3 Å². The molecule has 1 fully saturated rings. The quantitative estimate of drug-likeness (QED) is 0.942. The Morgan fingerprint density at radius 3 is 2.61 bits per heavy atom. The molecule has 0 spiro atoms. The molecule has 1 saturated heterocycles. The molecule has 0 bridgehead atoms. The summed E-state index contributed by atoms with van der Waals surface area (Å²) in [5.74, 6) is -0.703. The predicted molar refractivity (Wildman–Crippen MR) is 85.4 cm³/mol. The lowest BCUT2D eigenvalue weighted by Crippen LogP contribution is -2.29. The Balaban J connectivity index is 1.62. The molecule has 1 aromatic heterocycles. The van der Waals surface area contributed by atoms with Crippen molar-refractivity contribution in [2.45, 2.75) is 12.8 Å². The van der Waals surface area contributed by atoms with Gasteiger partial charge in [-0.3, -0.25) is 4.79 Å². The Morgan fingerprint density at radius 1 is 1.17 bits per heavy atom. The van der Waals surface area contributed by atoms with E-state index in [1.54, 1.807) is 0 Å². The van der Waals surface area contributed by atoms with Crippen molar-refractivity contribution in [3.63, 3.8) is 0 Å². The number of nitrogens with zero attached hydrogens (tertiary/aromatic N) is 2. The molecule has 2 heterocycles. The van der Waals surface area contributed by atoms with Crippen molar-refractivity contribution in [2.24, 2.45) is 5.92 Å². The highest BCUT2D eigenvalue weighted by Gasteiger charge is 2.27. The van der Waals surface area contributed by atoms with Gasteiger partial charge < -0.3 is 10.0 Å². The molecule has 1 aromatic carbocycles. The summed E-state index contributed by atoms with van der Waals surface area (Å²) in [6, 6.07) is 13.2. The maximum Gasteiger partial charge on any atom is 0.354 e. The van der Waals surface area contributed by atoms with Gasteiger partial charge in [0.05, 0.1) is 5.56 Å². The summed E-state index contributed by atoms with van der Waals surface area (Å²) in [5.41, 5.74) is 1.68. The second-order valence-corrected chi connectivity index (χ2v) is 5.83. The molecular formula is C18H18N2O3. The maximum absolute atomic E-state index is 12.5. The molecule has 0 unspecified atom stereocenters. The molecule has 1 aliphatic rings. The predicted octanol–water partition coefficient (Wildman–Crippen LogP) is 2.48. The lowest BCUT2D eigenvalue weighted by Gasteiger charge is -2.16. The minimum absolute atomic E-state index is 0.0510. The van der Waals surface area contributed by atoms with Gasteiger partial charge in [-0.05, 0) is 36.5 Å². The number of hydrogen-bond acceptors (Lipinski definition) is 3. The molecule has 1 aliphatic heterocycles. The van der Waals surface area contributed by atoms with Gasteiger partial charge in [0.1, 0.15) is 5.69 Å². The summed E-state index contributed by atoms with van der Waals surface area (Å²) < 4.78 is 0. The second-order valence-electron chi connectivity index (χ2n) is 5.83. The standard InChI is InChI=1S/C18H18N2O3/c21-17(15-6-7-16(18(22)23)19-11-15)20-9-8-14(12-20)10-13-4-2-1-3-5-13/h1-7,11,14H,8-10,12H2,(H,22,23)/t14-/m0/s1. The first-order valence-corrected chi connectivity index (χ1v) is 7.66. The van der Waals surface area contributed by atoms with Crippen LogP contribution in [0.3, 0.4) is 0 Å². The van der Waals surface area contributed by atoms with Crippen LogP contribution in [-0.4, -0.2) is 40.0 Å². The monoisotopic (exact) mass is 310 g/mol. The van der Waals surface area contributed by atoms with Gasteiger partial charge in [0.15, 0.2) is 0 Å².